The van der Waals surface area contributed by atoms with Gasteiger partial charge in [-0.25, -0.2) is 4.57 Å². The number of amides is 1. The molecule has 1 N–H and O–H groups in total. The Hall–Kier alpha value is -3.04. The predicted molar refractivity (Wildman–Crippen MR) is 96.2 cm³/mol. The number of aromatic nitrogens is 3. The summed E-state index contributed by atoms with van der Waals surface area (Å²) >= 11 is 0. The molecule has 3 aromatic rings. The minimum absolute atomic E-state index is 0.297. The van der Waals surface area contributed by atoms with Gasteiger partial charge < -0.3 is 5.32 Å². The number of carbonyl (C=O) groups is 1. The van der Waals surface area contributed by atoms with Crippen LogP contribution in [0.4, 0.5) is 5.69 Å². The van der Waals surface area contributed by atoms with Crippen molar-refractivity contribution in [1.82, 2.24) is 13.9 Å². The molecule has 0 aliphatic rings. The first-order valence-corrected chi connectivity index (χ1v) is 9.13. The highest BCUT2D eigenvalue weighted by atomic mass is 32.2. The van der Waals surface area contributed by atoms with Gasteiger partial charge in [-0.2, -0.15) is 12.7 Å². The average Bonchev–Trinajstić information content (AvgIpc) is 3.14. The van der Waals surface area contributed by atoms with Crippen molar-refractivity contribution in [3.63, 3.8) is 0 Å². The molecule has 9 heteroatoms. The van der Waals surface area contributed by atoms with Crippen LogP contribution in [0.5, 0.6) is 0 Å². The number of nitrogens with one attached hydrogen (secondary N) is 1. The standard InChI is InChI=1S/C17H17N5O3S/c1-20(2)26(24,25)22-12-11-21(13-22)15-8-6-14(7-9-15)19-17(23)16-5-3-4-10-18-16/h3-13H,1-2H3/p+1. The lowest BCUT2D eigenvalue weighted by Gasteiger charge is -2.06. The van der Waals surface area contributed by atoms with Crippen LogP contribution >= 0.6 is 0 Å². The third-order valence-electron chi connectivity index (χ3n) is 3.66. The van der Waals surface area contributed by atoms with Crippen molar-refractivity contribution < 1.29 is 17.2 Å². The Morgan fingerprint density at radius 2 is 1.88 bits per heavy atom. The van der Waals surface area contributed by atoms with Crippen molar-refractivity contribution in [2.75, 3.05) is 19.4 Å². The summed E-state index contributed by atoms with van der Waals surface area (Å²) in [5.74, 6) is -0.297. The summed E-state index contributed by atoms with van der Waals surface area (Å²) in [4.78, 5) is 16.1. The van der Waals surface area contributed by atoms with Gasteiger partial charge in [-0.05, 0) is 36.4 Å². The first kappa shape index (κ1) is 17.8. The zero-order valence-corrected chi connectivity index (χ0v) is 15.1. The summed E-state index contributed by atoms with van der Waals surface area (Å²) in [5.41, 5.74) is 1.70. The van der Waals surface area contributed by atoms with Crippen molar-refractivity contribution >= 4 is 21.8 Å². The van der Waals surface area contributed by atoms with Gasteiger partial charge in [0.2, 0.25) is 0 Å². The molecule has 0 aliphatic carbocycles. The van der Waals surface area contributed by atoms with Gasteiger partial charge in [0.1, 0.15) is 23.8 Å². The van der Waals surface area contributed by atoms with E-state index in [2.05, 4.69) is 10.3 Å². The summed E-state index contributed by atoms with van der Waals surface area (Å²) in [7, 11) is -0.612. The number of nitrogens with zero attached hydrogens (tertiary/aromatic N) is 4. The Balaban J connectivity index is 1.76. The molecule has 0 saturated carbocycles. The Morgan fingerprint density at radius 1 is 1.15 bits per heavy atom. The van der Waals surface area contributed by atoms with Crippen LogP contribution in [-0.2, 0) is 10.2 Å². The van der Waals surface area contributed by atoms with Gasteiger partial charge in [-0.15, -0.1) is 3.97 Å². The van der Waals surface area contributed by atoms with Crippen LogP contribution < -0.4 is 9.29 Å². The maximum Gasteiger partial charge on any atom is 0.379 e. The van der Waals surface area contributed by atoms with Crippen LogP contribution in [0.2, 0.25) is 0 Å². The number of imidazole rings is 1. The van der Waals surface area contributed by atoms with Crippen molar-refractivity contribution in [1.29, 1.82) is 0 Å². The quantitative estimate of drug-likeness (QED) is 0.679. The average molecular weight is 372 g/mol. The molecule has 3 rings (SSSR count). The third-order valence-corrected chi connectivity index (χ3v) is 5.33. The first-order chi connectivity index (χ1) is 12.4. The van der Waals surface area contributed by atoms with Crippen molar-refractivity contribution in [3.8, 4) is 5.69 Å². The molecule has 1 aromatic carbocycles. The normalized spacial score (nSPS) is 11.5. The van der Waals surface area contributed by atoms with Crippen molar-refractivity contribution in [2.45, 2.75) is 0 Å². The van der Waals surface area contributed by atoms with Crippen LogP contribution in [0.15, 0.2) is 67.4 Å². The zero-order valence-electron chi connectivity index (χ0n) is 14.3. The van der Waals surface area contributed by atoms with E-state index in [1.54, 1.807) is 59.4 Å². The molecule has 0 aliphatic heterocycles. The first-order valence-electron chi connectivity index (χ1n) is 7.73. The van der Waals surface area contributed by atoms with Crippen LogP contribution in [0.3, 0.4) is 0 Å². The summed E-state index contributed by atoms with van der Waals surface area (Å²) < 4.78 is 28.2. The highest BCUT2D eigenvalue weighted by Gasteiger charge is 2.23. The van der Waals surface area contributed by atoms with E-state index in [1.807, 2.05) is 0 Å². The van der Waals surface area contributed by atoms with Gasteiger partial charge in [0.25, 0.3) is 12.2 Å². The Bertz CT molecular complexity index is 1010. The lowest BCUT2D eigenvalue weighted by Crippen LogP contribution is -2.48. The van der Waals surface area contributed by atoms with Gasteiger partial charge in [0.05, 0.1) is 0 Å². The second-order valence-electron chi connectivity index (χ2n) is 5.66. The molecule has 2 aromatic heterocycles. The Kier molecular flexibility index (Phi) is 4.83. The monoisotopic (exact) mass is 372 g/mol. The molecule has 0 saturated heterocycles. The highest BCUT2D eigenvalue weighted by molar-refractivity contribution is 7.82. The molecule has 8 nitrogen and oxygen atoms in total. The largest absolute Gasteiger partial charge is 0.379 e. The maximum absolute atomic E-state index is 12.1. The van der Waals surface area contributed by atoms with Crippen molar-refractivity contribution in [3.05, 3.63) is 73.1 Å². The van der Waals surface area contributed by atoms with E-state index in [0.717, 1.165) is 14.0 Å². The minimum atomic E-state index is -3.55. The summed E-state index contributed by atoms with van der Waals surface area (Å²) in [6, 6.07) is 12.1. The molecule has 0 bridgehead atoms. The number of pyridine rings is 1. The summed E-state index contributed by atoms with van der Waals surface area (Å²) in [6.07, 6.45) is 6.13. The molecule has 0 atom stereocenters. The van der Waals surface area contributed by atoms with E-state index < -0.39 is 10.2 Å². The van der Waals surface area contributed by atoms with Gasteiger partial charge in [0.15, 0.2) is 0 Å². The summed E-state index contributed by atoms with van der Waals surface area (Å²) in [5, 5.41) is 2.76. The molecule has 0 radical (unpaired) electrons. The lowest BCUT2D eigenvalue weighted by atomic mass is 10.2. The van der Waals surface area contributed by atoms with Crippen molar-refractivity contribution in [2.24, 2.45) is 0 Å². The second-order valence-corrected chi connectivity index (χ2v) is 7.70. The molecule has 1 amide bonds. The number of rotatable bonds is 5. The van der Waals surface area contributed by atoms with E-state index in [0.29, 0.717) is 11.4 Å². The number of hydrogen-bond donors (Lipinski definition) is 1. The molecule has 2 heterocycles. The zero-order chi connectivity index (χ0) is 18.7. The van der Waals surface area contributed by atoms with E-state index in [1.165, 1.54) is 26.6 Å². The SMILES string of the molecule is CN(C)S(=O)(=O)[n+]1ccn(-c2ccc(NC(=O)c3ccccn3)cc2)c1. The third kappa shape index (κ3) is 3.63. The molecule has 0 fully saturated rings. The lowest BCUT2D eigenvalue weighted by molar-refractivity contribution is -0.514. The van der Waals surface area contributed by atoms with E-state index >= 15 is 0 Å². The smallest absolute Gasteiger partial charge is 0.321 e. The summed E-state index contributed by atoms with van der Waals surface area (Å²) in [6.45, 7) is 0. The molecule has 0 unspecified atom stereocenters. The van der Waals surface area contributed by atoms with Gasteiger partial charge in [-0.3, -0.25) is 9.78 Å². The van der Waals surface area contributed by atoms with Gasteiger partial charge in [-0.1, -0.05) is 6.07 Å². The van der Waals surface area contributed by atoms with Gasteiger partial charge in [0, 0.05) is 26.0 Å². The minimum Gasteiger partial charge on any atom is -0.321 e. The number of hydrogen-bond acceptors (Lipinski definition) is 4. The van der Waals surface area contributed by atoms with Crippen LogP contribution in [-0.4, -0.2) is 42.3 Å². The Morgan fingerprint density at radius 3 is 2.50 bits per heavy atom. The van der Waals surface area contributed by atoms with E-state index in [-0.39, 0.29) is 5.91 Å². The Labute approximate surface area is 151 Å². The van der Waals surface area contributed by atoms with Crippen LogP contribution in [0.25, 0.3) is 5.69 Å². The number of benzene rings is 1. The fourth-order valence-corrected chi connectivity index (χ4v) is 3.03. The molecule has 26 heavy (non-hydrogen) atoms. The maximum atomic E-state index is 12.1. The highest BCUT2D eigenvalue weighted by Crippen LogP contribution is 2.14. The molecule has 134 valence electrons. The molecular weight excluding hydrogens is 354 g/mol. The molecule has 0 spiro atoms. The predicted octanol–water partition coefficient (Wildman–Crippen LogP) is 1.07. The fraction of sp³-hybridized carbons (Fsp3) is 0.118. The second kappa shape index (κ2) is 7.06. The van der Waals surface area contributed by atoms with Crippen LogP contribution in [0, 0.1) is 0 Å². The van der Waals surface area contributed by atoms with E-state index in [4.69, 9.17) is 0 Å². The topological polar surface area (TPSA) is 88.2 Å². The van der Waals surface area contributed by atoms with Crippen LogP contribution in [0.1, 0.15) is 10.5 Å². The number of carbonyl (C=O) groups excluding carboxylic acids is 1. The fourth-order valence-electron chi connectivity index (χ4n) is 2.22. The number of anilines is 1. The van der Waals surface area contributed by atoms with Gasteiger partial charge >= 0.3 is 10.2 Å². The molecular formula is C17H18N5O3S+. The van der Waals surface area contributed by atoms with E-state index in [9.17, 15) is 13.2 Å².